The van der Waals surface area contributed by atoms with Gasteiger partial charge in [-0.3, -0.25) is 19.2 Å². The summed E-state index contributed by atoms with van der Waals surface area (Å²) in [6.07, 6.45) is 10.4. The van der Waals surface area contributed by atoms with E-state index in [-0.39, 0.29) is 43.3 Å². The lowest BCUT2D eigenvalue weighted by molar-refractivity contribution is -0.159. The summed E-state index contributed by atoms with van der Waals surface area (Å²) in [6, 6.07) is -0.912. The molecule has 1 spiro atoms. The molecule has 0 aromatic rings. The quantitative estimate of drug-likeness (QED) is 0.270. The molecule has 0 saturated carbocycles. The molecule has 4 heterocycles. The van der Waals surface area contributed by atoms with E-state index in [9.17, 15) is 24.3 Å². The van der Waals surface area contributed by atoms with E-state index in [1.165, 1.54) is 0 Å². The van der Waals surface area contributed by atoms with Crippen LogP contribution in [-0.4, -0.2) is 94.7 Å². The number of rotatable bonds is 8. The third kappa shape index (κ3) is 5.77. The largest absolute Gasteiger partial charge is 0.460 e. The van der Waals surface area contributed by atoms with Crippen LogP contribution in [0.25, 0.3) is 0 Å². The molecule has 10 heteroatoms. The molecule has 0 radical (unpaired) electrons. The van der Waals surface area contributed by atoms with Crippen LogP contribution in [0.2, 0.25) is 0 Å². The van der Waals surface area contributed by atoms with Gasteiger partial charge in [0.05, 0.1) is 18.6 Å². The number of amides is 3. The summed E-state index contributed by atoms with van der Waals surface area (Å²) in [5.74, 6) is -2.98. The minimum absolute atomic E-state index is 0.0157. The van der Waals surface area contributed by atoms with Gasteiger partial charge < -0.3 is 29.7 Å². The number of ether oxygens (including phenoxy) is 2. The van der Waals surface area contributed by atoms with Crippen LogP contribution in [0.15, 0.2) is 24.3 Å². The van der Waals surface area contributed by atoms with Gasteiger partial charge in [0.1, 0.15) is 23.7 Å². The minimum Gasteiger partial charge on any atom is -0.460 e. The summed E-state index contributed by atoms with van der Waals surface area (Å²) in [5.41, 5.74) is -1.30. The van der Waals surface area contributed by atoms with E-state index >= 15 is 0 Å². The van der Waals surface area contributed by atoms with E-state index in [0.717, 1.165) is 12.8 Å². The molecule has 7 atom stereocenters. The number of nitrogens with one attached hydrogen (secondary N) is 1. The number of carbonyl (C=O) groups excluding carboxylic acids is 4. The molecular formula is C29H43N3O7. The molecule has 216 valence electrons. The van der Waals surface area contributed by atoms with E-state index in [4.69, 9.17) is 9.47 Å². The molecule has 1 unspecified atom stereocenters. The highest BCUT2D eigenvalue weighted by molar-refractivity contribution is 5.99. The summed E-state index contributed by atoms with van der Waals surface area (Å²) >= 11 is 0. The highest BCUT2D eigenvalue weighted by atomic mass is 16.6. The van der Waals surface area contributed by atoms with Crippen LogP contribution in [0.5, 0.6) is 0 Å². The molecule has 10 nitrogen and oxygen atoms in total. The number of fused-ring (bicyclic) bond motifs is 2. The normalized spacial score (nSPS) is 34.7. The molecule has 0 aliphatic carbocycles. The Labute approximate surface area is 230 Å². The highest BCUT2D eigenvalue weighted by Crippen LogP contribution is 2.53. The lowest BCUT2D eigenvalue weighted by atomic mass is 9.78. The fraction of sp³-hybridized carbons (Fsp3) is 0.724. The molecule has 0 aromatic carbocycles. The zero-order valence-corrected chi connectivity index (χ0v) is 23.3. The summed E-state index contributed by atoms with van der Waals surface area (Å²) in [6.45, 7) is 6.79. The Kier molecular flexibility index (Phi) is 9.48. The number of esters is 1. The first kappa shape index (κ1) is 29.3. The van der Waals surface area contributed by atoms with Crippen molar-refractivity contribution >= 4 is 23.7 Å². The minimum atomic E-state index is -1.30. The van der Waals surface area contributed by atoms with E-state index in [1.54, 1.807) is 24.0 Å². The van der Waals surface area contributed by atoms with Crippen LogP contribution < -0.4 is 5.32 Å². The second kappa shape index (κ2) is 12.6. The number of cyclic esters (lactones) is 1. The van der Waals surface area contributed by atoms with E-state index in [2.05, 4.69) is 12.2 Å². The number of likely N-dealkylation sites (tertiary alicyclic amines) is 1. The Morgan fingerprint density at radius 2 is 1.95 bits per heavy atom. The smallest absolute Gasteiger partial charge is 0.313 e. The van der Waals surface area contributed by atoms with Crippen molar-refractivity contribution in [3.8, 4) is 0 Å². The van der Waals surface area contributed by atoms with Crippen LogP contribution in [0.4, 0.5) is 0 Å². The van der Waals surface area contributed by atoms with Crippen LogP contribution in [0.1, 0.15) is 65.7 Å². The third-order valence-electron chi connectivity index (χ3n) is 8.36. The average Bonchev–Trinajstić information content (AvgIpc) is 3.27. The predicted octanol–water partition coefficient (Wildman–Crippen LogP) is 1.71. The number of hydrogen-bond acceptors (Lipinski definition) is 7. The second-order valence-corrected chi connectivity index (χ2v) is 11.2. The first-order valence-electron chi connectivity index (χ1n) is 14.5. The van der Waals surface area contributed by atoms with Gasteiger partial charge in [-0.15, -0.1) is 0 Å². The van der Waals surface area contributed by atoms with Gasteiger partial charge in [-0.1, -0.05) is 37.6 Å². The van der Waals surface area contributed by atoms with Gasteiger partial charge in [0, 0.05) is 32.2 Å². The number of aliphatic hydroxyl groups excluding tert-OH is 1. The SMILES string of the molecule is CCCC(C)N1CC=C[C@]23O[C@@H]4/C=C\CCC(=O)NC[C@@H](C)OC(=O)[C@@H]4[C@H]2C(=O)N(CCCCCO)[C@@H]3C1=O. The maximum atomic E-state index is 14.2. The van der Waals surface area contributed by atoms with E-state index in [0.29, 0.717) is 38.8 Å². The molecule has 3 amide bonds. The van der Waals surface area contributed by atoms with Crippen molar-refractivity contribution in [1.29, 1.82) is 0 Å². The number of allylic oxidation sites excluding steroid dienone is 1. The molecule has 0 aromatic heterocycles. The Bertz CT molecular complexity index is 997. The monoisotopic (exact) mass is 545 g/mol. The van der Waals surface area contributed by atoms with Crippen molar-refractivity contribution in [3.05, 3.63) is 24.3 Å². The Morgan fingerprint density at radius 3 is 2.69 bits per heavy atom. The molecule has 0 bridgehead atoms. The molecule has 4 rings (SSSR count). The number of unbranched alkanes of at least 4 members (excludes halogenated alkanes) is 2. The standard InChI is InChI=1S/C29H43N3O7/c1-4-11-19(2)31-16-10-14-29-24(26(35)32(25(29)27(31)36)15-8-5-9-17-33)23-21(39-29)12-6-7-13-22(34)30-18-20(3)38-28(23)37/h6,10,12,14,19-21,23-25,33H,4-5,7-9,11,13,15-18H2,1-3H3,(H,30,34)/b12-6-/t19?,20-,21-,23+,24+,25-,29+/m1/s1. The third-order valence-corrected chi connectivity index (χ3v) is 8.36. The topological polar surface area (TPSA) is 125 Å². The lowest BCUT2D eigenvalue weighted by Crippen LogP contribution is -2.56. The molecule has 2 saturated heterocycles. The van der Waals surface area contributed by atoms with Crippen LogP contribution in [0.3, 0.4) is 0 Å². The second-order valence-electron chi connectivity index (χ2n) is 11.2. The number of aliphatic hydroxyl groups is 1. The first-order chi connectivity index (χ1) is 18.7. The Balaban J connectivity index is 1.74. The molecule has 4 aliphatic rings. The fourth-order valence-electron chi connectivity index (χ4n) is 6.46. The van der Waals surface area contributed by atoms with Gasteiger partial charge in [0.25, 0.3) is 0 Å². The Morgan fingerprint density at radius 1 is 1.15 bits per heavy atom. The van der Waals surface area contributed by atoms with Gasteiger partial charge in [0.2, 0.25) is 17.7 Å². The van der Waals surface area contributed by atoms with Crippen molar-refractivity contribution < 1.29 is 33.8 Å². The zero-order valence-electron chi connectivity index (χ0n) is 23.3. The Hall–Kier alpha value is -2.72. The first-order valence-corrected chi connectivity index (χ1v) is 14.5. The van der Waals surface area contributed by atoms with E-state index < -0.39 is 41.7 Å². The van der Waals surface area contributed by atoms with Crippen molar-refractivity contribution in [3.63, 3.8) is 0 Å². The highest BCUT2D eigenvalue weighted by Gasteiger charge is 2.71. The number of carbonyl (C=O) groups is 4. The van der Waals surface area contributed by atoms with Crippen molar-refractivity contribution in [2.45, 2.75) is 95.6 Å². The number of nitrogens with zero attached hydrogens (tertiary/aromatic N) is 2. The van der Waals surface area contributed by atoms with Crippen molar-refractivity contribution in [2.24, 2.45) is 11.8 Å². The van der Waals surface area contributed by atoms with Crippen LogP contribution in [0, 0.1) is 11.8 Å². The fourth-order valence-corrected chi connectivity index (χ4v) is 6.46. The molecular weight excluding hydrogens is 502 g/mol. The lowest BCUT2D eigenvalue weighted by Gasteiger charge is -2.37. The van der Waals surface area contributed by atoms with Gasteiger partial charge in [-0.2, -0.15) is 0 Å². The van der Waals surface area contributed by atoms with Gasteiger partial charge in [0.15, 0.2) is 0 Å². The summed E-state index contributed by atoms with van der Waals surface area (Å²) in [4.78, 5) is 57.5. The van der Waals surface area contributed by atoms with Crippen molar-refractivity contribution in [1.82, 2.24) is 15.1 Å². The van der Waals surface area contributed by atoms with Crippen molar-refractivity contribution in [2.75, 3.05) is 26.2 Å². The maximum Gasteiger partial charge on any atom is 0.313 e. The summed E-state index contributed by atoms with van der Waals surface area (Å²) < 4.78 is 12.4. The summed E-state index contributed by atoms with van der Waals surface area (Å²) in [5, 5.41) is 12.0. The average molecular weight is 546 g/mol. The number of hydrogen-bond donors (Lipinski definition) is 2. The molecule has 2 fully saturated rings. The predicted molar refractivity (Wildman–Crippen MR) is 143 cm³/mol. The zero-order chi connectivity index (χ0) is 28.2. The molecule has 4 aliphatic heterocycles. The van der Waals surface area contributed by atoms with Crippen LogP contribution >= 0.6 is 0 Å². The van der Waals surface area contributed by atoms with Crippen LogP contribution in [-0.2, 0) is 28.7 Å². The molecule has 2 N–H and O–H groups in total. The van der Waals surface area contributed by atoms with Gasteiger partial charge in [-0.05, 0) is 46.0 Å². The summed E-state index contributed by atoms with van der Waals surface area (Å²) in [7, 11) is 0. The van der Waals surface area contributed by atoms with Gasteiger partial charge >= 0.3 is 5.97 Å². The molecule has 39 heavy (non-hydrogen) atoms. The van der Waals surface area contributed by atoms with Gasteiger partial charge in [-0.25, -0.2) is 0 Å². The van der Waals surface area contributed by atoms with E-state index in [1.807, 2.05) is 24.0 Å². The maximum absolute atomic E-state index is 14.2.